The van der Waals surface area contributed by atoms with Crippen LogP contribution in [-0.4, -0.2) is 35.0 Å². The number of rotatable bonds is 4. The summed E-state index contributed by atoms with van der Waals surface area (Å²) >= 11 is 0. The van der Waals surface area contributed by atoms with Crippen LogP contribution >= 0.6 is 0 Å². The lowest BCUT2D eigenvalue weighted by Gasteiger charge is -2.27. The normalized spacial score (nSPS) is 20.4. The fourth-order valence-corrected chi connectivity index (χ4v) is 4.05. The van der Waals surface area contributed by atoms with Gasteiger partial charge < -0.3 is 10.0 Å². The van der Waals surface area contributed by atoms with Gasteiger partial charge in [-0.2, -0.15) is 0 Å². The number of hydrogen-bond donors (Lipinski definition) is 1. The Hall–Kier alpha value is -1.84. The largest absolute Gasteiger partial charge is 0.480 e. The van der Waals surface area contributed by atoms with Gasteiger partial charge in [0.1, 0.15) is 0 Å². The van der Waals surface area contributed by atoms with Crippen LogP contribution in [0.1, 0.15) is 67.9 Å². The maximum atomic E-state index is 12.8. The molecule has 1 saturated heterocycles. The Morgan fingerprint density at radius 3 is 2.30 bits per heavy atom. The van der Waals surface area contributed by atoms with Crippen molar-refractivity contribution in [1.82, 2.24) is 4.90 Å². The summed E-state index contributed by atoms with van der Waals surface area (Å²) in [6, 6.07) is 7.69. The molecule has 23 heavy (non-hydrogen) atoms. The van der Waals surface area contributed by atoms with Gasteiger partial charge in [-0.05, 0) is 42.7 Å². The predicted octanol–water partition coefficient (Wildman–Crippen LogP) is 3.52. The number of hydrogen-bond acceptors (Lipinski definition) is 2. The van der Waals surface area contributed by atoms with Crippen LogP contribution in [0.15, 0.2) is 24.3 Å². The number of amides is 1. The Morgan fingerprint density at radius 1 is 1.00 bits per heavy atom. The van der Waals surface area contributed by atoms with Crippen molar-refractivity contribution in [2.45, 2.75) is 56.8 Å². The van der Waals surface area contributed by atoms with E-state index in [0.29, 0.717) is 24.6 Å². The van der Waals surface area contributed by atoms with Crippen LogP contribution in [0.25, 0.3) is 0 Å². The summed E-state index contributed by atoms with van der Waals surface area (Å²) in [5.41, 5.74) is 1.79. The molecule has 1 N–H and O–H groups in total. The number of carbonyl (C=O) groups is 2. The zero-order chi connectivity index (χ0) is 16.2. The Bertz CT molecular complexity index is 572. The SMILES string of the molecule is O=C(O)C(C(=O)N1CCCC1)c1ccccc1C1CCCCC1. The minimum atomic E-state index is -1.05. The predicted molar refractivity (Wildman–Crippen MR) is 88.5 cm³/mol. The second-order valence-electron chi connectivity index (χ2n) is 6.77. The Kier molecular flexibility index (Phi) is 4.99. The molecule has 0 radical (unpaired) electrons. The Balaban J connectivity index is 1.93. The second-order valence-corrected chi connectivity index (χ2v) is 6.77. The van der Waals surface area contributed by atoms with E-state index in [-0.39, 0.29) is 5.91 Å². The van der Waals surface area contributed by atoms with Crippen LogP contribution in [0.3, 0.4) is 0 Å². The van der Waals surface area contributed by atoms with Gasteiger partial charge in [0.05, 0.1) is 0 Å². The lowest BCUT2D eigenvalue weighted by Crippen LogP contribution is -2.36. The van der Waals surface area contributed by atoms with E-state index in [0.717, 1.165) is 31.2 Å². The topological polar surface area (TPSA) is 57.6 Å². The van der Waals surface area contributed by atoms with Crippen molar-refractivity contribution < 1.29 is 14.7 Å². The highest BCUT2D eigenvalue weighted by Gasteiger charge is 2.35. The standard InChI is InChI=1S/C19H25NO3/c21-18(20-12-6-7-13-20)17(19(22)23)16-11-5-4-10-15(16)14-8-2-1-3-9-14/h4-5,10-11,14,17H,1-3,6-9,12-13H2,(H,22,23). The minimum absolute atomic E-state index is 0.238. The van der Waals surface area contributed by atoms with Crippen molar-refractivity contribution in [1.29, 1.82) is 0 Å². The van der Waals surface area contributed by atoms with E-state index < -0.39 is 11.9 Å². The van der Waals surface area contributed by atoms with E-state index in [1.807, 2.05) is 24.3 Å². The zero-order valence-electron chi connectivity index (χ0n) is 13.5. The molecule has 4 heteroatoms. The quantitative estimate of drug-likeness (QED) is 0.865. The molecule has 124 valence electrons. The third-order valence-corrected chi connectivity index (χ3v) is 5.26. The first-order valence-corrected chi connectivity index (χ1v) is 8.79. The molecule has 1 amide bonds. The Labute approximate surface area is 137 Å². The van der Waals surface area contributed by atoms with Gasteiger partial charge in [-0.25, -0.2) is 0 Å². The molecule has 1 aromatic carbocycles. The van der Waals surface area contributed by atoms with Crippen molar-refractivity contribution in [3.05, 3.63) is 35.4 Å². The van der Waals surface area contributed by atoms with Gasteiger partial charge >= 0.3 is 5.97 Å². The van der Waals surface area contributed by atoms with Gasteiger partial charge in [-0.15, -0.1) is 0 Å². The molecule has 1 heterocycles. The van der Waals surface area contributed by atoms with Gasteiger partial charge in [0.15, 0.2) is 5.92 Å². The van der Waals surface area contributed by atoms with Crippen LogP contribution in [0.5, 0.6) is 0 Å². The zero-order valence-corrected chi connectivity index (χ0v) is 13.5. The molecule has 1 aromatic rings. The lowest BCUT2D eigenvalue weighted by atomic mass is 9.79. The number of carboxylic acid groups (broad SMARTS) is 1. The number of nitrogens with zero attached hydrogens (tertiary/aromatic N) is 1. The maximum Gasteiger partial charge on any atom is 0.320 e. The minimum Gasteiger partial charge on any atom is -0.480 e. The average Bonchev–Trinajstić information content (AvgIpc) is 3.10. The number of carbonyl (C=O) groups excluding carboxylic acids is 1. The third-order valence-electron chi connectivity index (χ3n) is 5.26. The third kappa shape index (κ3) is 3.41. The second kappa shape index (κ2) is 7.16. The monoisotopic (exact) mass is 315 g/mol. The van der Waals surface area contributed by atoms with Crippen LogP contribution in [-0.2, 0) is 9.59 Å². The summed E-state index contributed by atoms with van der Waals surface area (Å²) in [7, 11) is 0. The van der Waals surface area contributed by atoms with Crippen molar-refractivity contribution in [3.63, 3.8) is 0 Å². The van der Waals surface area contributed by atoms with Crippen LogP contribution < -0.4 is 0 Å². The van der Waals surface area contributed by atoms with E-state index in [2.05, 4.69) is 0 Å². The Morgan fingerprint density at radius 2 is 1.65 bits per heavy atom. The summed E-state index contributed by atoms with van der Waals surface area (Å²) < 4.78 is 0. The molecular weight excluding hydrogens is 290 g/mol. The van der Waals surface area contributed by atoms with Gasteiger partial charge in [-0.1, -0.05) is 43.5 Å². The van der Waals surface area contributed by atoms with Crippen molar-refractivity contribution >= 4 is 11.9 Å². The molecule has 1 atom stereocenters. The number of likely N-dealkylation sites (tertiary alicyclic amines) is 1. The number of benzene rings is 1. The van der Waals surface area contributed by atoms with Crippen molar-refractivity contribution in [3.8, 4) is 0 Å². The number of carboxylic acids is 1. The molecule has 2 aliphatic rings. The summed E-state index contributed by atoms with van der Waals surface area (Å²) in [5, 5.41) is 9.73. The summed E-state index contributed by atoms with van der Waals surface area (Å²) in [5.74, 6) is -1.91. The van der Waals surface area contributed by atoms with Crippen molar-refractivity contribution in [2.24, 2.45) is 0 Å². The first-order chi connectivity index (χ1) is 11.2. The molecular formula is C19H25NO3. The fraction of sp³-hybridized carbons (Fsp3) is 0.579. The van der Waals surface area contributed by atoms with Crippen molar-refractivity contribution in [2.75, 3.05) is 13.1 Å². The summed E-state index contributed by atoms with van der Waals surface area (Å²) in [4.78, 5) is 26.4. The average molecular weight is 315 g/mol. The molecule has 1 unspecified atom stereocenters. The van der Waals surface area contributed by atoms with Crippen LogP contribution in [0, 0.1) is 0 Å². The fourth-order valence-electron chi connectivity index (χ4n) is 4.05. The molecule has 1 aliphatic carbocycles. The highest BCUT2D eigenvalue weighted by atomic mass is 16.4. The van der Waals surface area contributed by atoms with Gasteiger partial charge in [-0.3, -0.25) is 9.59 Å². The highest BCUT2D eigenvalue weighted by molar-refractivity contribution is 6.03. The van der Waals surface area contributed by atoms with E-state index in [1.165, 1.54) is 19.3 Å². The van der Waals surface area contributed by atoms with E-state index >= 15 is 0 Å². The molecule has 1 saturated carbocycles. The molecule has 2 fully saturated rings. The van der Waals surface area contributed by atoms with Gasteiger partial charge in [0, 0.05) is 13.1 Å². The molecule has 3 rings (SSSR count). The first kappa shape index (κ1) is 16.0. The lowest BCUT2D eigenvalue weighted by molar-refractivity contribution is -0.146. The van der Waals surface area contributed by atoms with E-state index in [4.69, 9.17) is 0 Å². The van der Waals surface area contributed by atoms with Crippen LogP contribution in [0.4, 0.5) is 0 Å². The maximum absolute atomic E-state index is 12.8. The van der Waals surface area contributed by atoms with Crippen LogP contribution in [0.2, 0.25) is 0 Å². The molecule has 1 aliphatic heterocycles. The molecule has 0 aromatic heterocycles. The summed E-state index contributed by atoms with van der Waals surface area (Å²) in [6.07, 6.45) is 7.79. The van der Waals surface area contributed by atoms with Gasteiger partial charge in [0.2, 0.25) is 5.91 Å². The van der Waals surface area contributed by atoms with E-state index in [1.54, 1.807) is 4.90 Å². The molecule has 0 spiro atoms. The summed E-state index contributed by atoms with van der Waals surface area (Å²) in [6.45, 7) is 1.38. The van der Waals surface area contributed by atoms with Gasteiger partial charge in [0.25, 0.3) is 0 Å². The van der Waals surface area contributed by atoms with E-state index in [9.17, 15) is 14.7 Å². The molecule has 4 nitrogen and oxygen atoms in total. The smallest absolute Gasteiger partial charge is 0.320 e. The highest BCUT2D eigenvalue weighted by Crippen LogP contribution is 2.37. The first-order valence-electron chi connectivity index (χ1n) is 8.79. The number of aliphatic carboxylic acids is 1. The molecule has 0 bridgehead atoms.